The van der Waals surface area contributed by atoms with Gasteiger partial charge in [-0.15, -0.1) is 0 Å². The van der Waals surface area contributed by atoms with Crippen LogP contribution in [0.5, 0.6) is 0 Å². The Bertz CT molecular complexity index is 733. The van der Waals surface area contributed by atoms with Crippen molar-refractivity contribution in [2.24, 2.45) is 5.41 Å². The van der Waals surface area contributed by atoms with Gasteiger partial charge >= 0.3 is 0 Å². The van der Waals surface area contributed by atoms with Gasteiger partial charge in [-0.1, -0.05) is 6.92 Å². The molecule has 4 heterocycles. The van der Waals surface area contributed by atoms with Crippen molar-refractivity contribution in [1.82, 2.24) is 15.0 Å². The monoisotopic (exact) mass is 323 g/mol. The van der Waals surface area contributed by atoms with Crippen LogP contribution in [0.25, 0.3) is 0 Å². The molecule has 0 bridgehead atoms. The molecule has 0 aliphatic carbocycles. The predicted octanol–water partition coefficient (Wildman–Crippen LogP) is 2.07. The SMILES string of the molecule is CCc1cnc(N2CCC3(CC(=O)N(c4cccnc4)C3)C2)nc1. The lowest BCUT2D eigenvalue weighted by atomic mass is 9.86. The van der Waals surface area contributed by atoms with E-state index in [0.29, 0.717) is 6.42 Å². The van der Waals surface area contributed by atoms with Crippen molar-refractivity contribution in [3.63, 3.8) is 0 Å². The highest BCUT2D eigenvalue weighted by molar-refractivity contribution is 5.96. The lowest BCUT2D eigenvalue weighted by Gasteiger charge is -2.24. The number of nitrogens with zero attached hydrogens (tertiary/aromatic N) is 5. The summed E-state index contributed by atoms with van der Waals surface area (Å²) in [5.74, 6) is 0.962. The second kappa shape index (κ2) is 5.85. The van der Waals surface area contributed by atoms with Gasteiger partial charge in [0.1, 0.15) is 0 Å². The topological polar surface area (TPSA) is 62.2 Å². The number of carbonyl (C=O) groups is 1. The number of pyridine rings is 1. The van der Waals surface area contributed by atoms with E-state index in [1.54, 1.807) is 12.4 Å². The van der Waals surface area contributed by atoms with Gasteiger partial charge < -0.3 is 9.80 Å². The third kappa shape index (κ3) is 2.62. The summed E-state index contributed by atoms with van der Waals surface area (Å²) in [7, 11) is 0. The van der Waals surface area contributed by atoms with Gasteiger partial charge in [-0.25, -0.2) is 9.97 Å². The Morgan fingerprint density at radius 2 is 2.04 bits per heavy atom. The molecule has 0 saturated carbocycles. The minimum atomic E-state index is -0.000285. The number of aryl methyl sites for hydroxylation is 1. The summed E-state index contributed by atoms with van der Waals surface area (Å²) in [5.41, 5.74) is 2.03. The summed E-state index contributed by atoms with van der Waals surface area (Å²) in [6.07, 6.45) is 9.81. The third-order valence-corrected chi connectivity index (χ3v) is 5.10. The molecular weight excluding hydrogens is 302 g/mol. The first-order valence-electron chi connectivity index (χ1n) is 8.45. The smallest absolute Gasteiger partial charge is 0.227 e. The van der Waals surface area contributed by atoms with E-state index < -0.39 is 0 Å². The number of carbonyl (C=O) groups excluding carboxylic acids is 1. The minimum absolute atomic E-state index is 0.000285. The Labute approximate surface area is 141 Å². The fourth-order valence-corrected chi connectivity index (χ4v) is 3.72. The molecule has 124 valence electrons. The Balaban J connectivity index is 1.50. The number of amides is 1. The quantitative estimate of drug-likeness (QED) is 0.865. The number of anilines is 2. The zero-order valence-corrected chi connectivity index (χ0v) is 13.9. The van der Waals surface area contributed by atoms with E-state index in [9.17, 15) is 4.79 Å². The molecule has 24 heavy (non-hydrogen) atoms. The van der Waals surface area contributed by atoms with Gasteiger partial charge in [0.25, 0.3) is 0 Å². The van der Waals surface area contributed by atoms with E-state index in [1.807, 2.05) is 29.4 Å². The number of hydrogen-bond donors (Lipinski definition) is 0. The maximum atomic E-state index is 12.5. The van der Waals surface area contributed by atoms with Gasteiger partial charge in [0.2, 0.25) is 11.9 Å². The maximum Gasteiger partial charge on any atom is 0.227 e. The Morgan fingerprint density at radius 1 is 1.21 bits per heavy atom. The van der Waals surface area contributed by atoms with Gasteiger partial charge in [-0.05, 0) is 30.5 Å². The van der Waals surface area contributed by atoms with E-state index in [-0.39, 0.29) is 11.3 Å². The average molecular weight is 323 g/mol. The molecule has 2 aliphatic heterocycles. The van der Waals surface area contributed by atoms with Crippen LogP contribution in [-0.2, 0) is 11.2 Å². The Hall–Kier alpha value is -2.50. The molecule has 1 atom stereocenters. The number of hydrogen-bond acceptors (Lipinski definition) is 5. The second-order valence-corrected chi connectivity index (χ2v) is 6.78. The summed E-state index contributed by atoms with van der Waals surface area (Å²) >= 11 is 0. The van der Waals surface area contributed by atoms with E-state index in [1.165, 1.54) is 0 Å². The molecule has 6 nitrogen and oxygen atoms in total. The highest BCUT2D eigenvalue weighted by Crippen LogP contribution is 2.42. The van der Waals surface area contributed by atoms with E-state index >= 15 is 0 Å². The highest BCUT2D eigenvalue weighted by atomic mass is 16.2. The molecule has 4 rings (SSSR count). The summed E-state index contributed by atoms with van der Waals surface area (Å²) in [6, 6.07) is 3.82. The fourth-order valence-electron chi connectivity index (χ4n) is 3.72. The van der Waals surface area contributed by atoms with Gasteiger partial charge in [0.05, 0.1) is 11.9 Å². The summed E-state index contributed by atoms with van der Waals surface area (Å²) in [5, 5.41) is 0. The fraction of sp³-hybridized carbons (Fsp3) is 0.444. The first kappa shape index (κ1) is 15.1. The average Bonchev–Trinajstić information content (AvgIpc) is 3.19. The van der Waals surface area contributed by atoms with Gasteiger partial charge in [-0.2, -0.15) is 0 Å². The van der Waals surface area contributed by atoms with Crippen molar-refractivity contribution < 1.29 is 4.79 Å². The van der Waals surface area contributed by atoms with Crippen LogP contribution in [0, 0.1) is 5.41 Å². The van der Waals surface area contributed by atoms with Crippen LogP contribution >= 0.6 is 0 Å². The molecule has 1 spiro atoms. The standard InChI is InChI=1S/C18H21N5O/c1-2-14-9-20-17(21-10-14)22-7-5-18(12-22)8-16(24)23(13-18)15-4-3-6-19-11-15/h3-4,6,9-11H,2,5,7-8,12-13H2,1H3. The van der Waals surface area contributed by atoms with Crippen LogP contribution in [0.4, 0.5) is 11.6 Å². The third-order valence-electron chi connectivity index (χ3n) is 5.10. The summed E-state index contributed by atoms with van der Waals surface area (Å²) in [6.45, 7) is 4.59. The minimum Gasteiger partial charge on any atom is -0.340 e. The van der Waals surface area contributed by atoms with Crippen LogP contribution in [0.15, 0.2) is 36.9 Å². The van der Waals surface area contributed by atoms with Crippen LogP contribution in [-0.4, -0.2) is 40.5 Å². The van der Waals surface area contributed by atoms with Gasteiger partial charge in [0, 0.05) is 50.1 Å². The van der Waals surface area contributed by atoms with Crippen LogP contribution in [0.2, 0.25) is 0 Å². The Kier molecular flexibility index (Phi) is 3.67. The molecule has 6 heteroatoms. The molecule has 0 radical (unpaired) electrons. The van der Waals surface area contributed by atoms with E-state index in [2.05, 4.69) is 26.8 Å². The lowest BCUT2D eigenvalue weighted by Crippen LogP contribution is -2.31. The molecule has 2 aromatic heterocycles. The van der Waals surface area contributed by atoms with E-state index in [0.717, 1.165) is 49.7 Å². The van der Waals surface area contributed by atoms with Gasteiger partial charge in [0.15, 0.2) is 0 Å². The molecular formula is C18H21N5O. The predicted molar refractivity (Wildman–Crippen MR) is 91.9 cm³/mol. The molecule has 2 saturated heterocycles. The van der Waals surface area contributed by atoms with Crippen molar-refractivity contribution in [3.8, 4) is 0 Å². The molecule has 2 aliphatic rings. The molecule has 2 aromatic rings. The van der Waals surface area contributed by atoms with Crippen LogP contribution in [0.3, 0.4) is 0 Å². The first-order valence-corrected chi connectivity index (χ1v) is 8.45. The Morgan fingerprint density at radius 3 is 2.75 bits per heavy atom. The summed E-state index contributed by atoms with van der Waals surface area (Å²) in [4.78, 5) is 29.7. The maximum absolute atomic E-state index is 12.5. The van der Waals surface area contributed by atoms with E-state index in [4.69, 9.17) is 0 Å². The van der Waals surface area contributed by atoms with Crippen LogP contribution in [0.1, 0.15) is 25.3 Å². The molecule has 2 fully saturated rings. The zero-order valence-electron chi connectivity index (χ0n) is 13.9. The lowest BCUT2D eigenvalue weighted by molar-refractivity contribution is -0.117. The summed E-state index contributed by atoms with van der Waals surface area (Å²) < 4.78 is 0. The van der Waals surface area contributed by atoms with Crippen molar-refractivity contribution in [3.05, 3.63) is 42.5 Å². The molecule has 0 N–H and O–H groups in total. The van der Waals surface area contributed by atoms with Gasteiger partial charge in [-0.3, -0.25) is 9.78 Å². The molecule has 1 amide bonds. The van der Waals surface area contributed by atoms with Crippen molar-refractivity contribution in [2.75, 3.05) is 29.4 Å². The zero-order chi connectivity index (χ0) is 16.6. The molecule has 1 unspecified atom stereocenters. The highest BCUT2D eigenvalue weighted by Gasteiger charge is 2.48. The van der Waals surface area contributed by atoms with Crippen molar-refractivity contribution in [2.45, 2.75) is 26.2 Å². The first-order chi connectivity index (χ1) is 11.7. The van der Waals surface area contributed by atoms with Crippen molar-refractivity contribution >= 4 is 17.5 Å². The second-order valence-electron chi connectivity index (χ2n) is 6.78. The number of rotatable bonds is 3. The molecule has 0 aromatic carbocycles. The van der Waals surface area contributed by atoms with Crippen molar-refractivity contribution in [1.29, 1.82) is 0 Å². The largest absolute Gasteiger partial charge is 0.340 e. The normalized spacial score (nSPS) is 23.5. The number of aromatic nitrogens is 3. The van der Waals surface area contributed by atoms with Crippen LogP contribution < -0.4 is 9.80 Å².